The van der Waals surface area contributed by atoms with Crippen molar-refractivity contribution in [2.24, 2.45) is 5.92 Å². The van der Waals surface area contributed by atoms with E-state index in [0.717, 1.165) is 11.3 Å². The third-order valence-corrected chi connectivity index (χ3v) is 6.20. The molecule has 1 aliphatic heterocycles. The number of hydrogen-bond donors (Lipinski definition) is 2. The Balaban J connectivity index is 1.81. The Hall–Kier alpha value is -1.26. The second kappa shape index (κ2) is 8.85. The minimum atomic E-state index is -1.22. The molecule has 1 heterocycles. The minimum Gasteiger partial charge on any atom is -0.497 e. The van der Waals surface area contributed by atoms with E-state index in [-0.39, 0.29) is 19.1 Å². The molecule has 0 bridgehead atoms. The zero-order chi connectivity index (χ0) is 21.2. The first-order chi connectivity index (χ1) is 13.8. The van der Waals surface area contributed by atoms with Crippen LogP contribution in [0.3, 0.4) is 0 Å². The van der Waals surface area contributed by atoms with E-state index in [2.05, 4.69) is 0 Å². The van der Waals surface area contributed by atoms with Crippen molar-refractivity contribution in [2.45, 2.75) is 62.9 Å². The van der Waals surface area contributed by atoms with Gasteiger partial charge in [0, 0.05) is 26.7 Å². The highest BCUT2D eigenvalue weighted by Crippen LogP contribution is 2.45. The molecule has 1 saturated carbocycles. The Labute approximate surface area is 171 Å². The largest absolute Gasteiger partial charge is 0.497 e. The normalized spacial score (nSPS) is 39.8. The molecule has 1 aromatic rings. The standard InChI is InChI=1S/C21H32O8/c1-20(25-4)21(2,26-5)29-19-17(28-20)14(11-22)10-16(23)18(19)27-12-13-6-8-15(24-3)9-7-13/h6-9,14,16-19,22-23H,10-12H2,1-5H3/t14-,16-,17+,18+,19-,20-,21-/m0/s1. The fourth-order valence-electron chi connectivity index (χ4n) is 4.05. The third-order valence-electron chi connectivity index (χ3n) is 6.20. The molecule has 0 spiro atoms. The smallest absolute Gasteiger partial charge is 0.220 e. The number of benzene rings is 1. The Morgan fingerprint density at radius 1 is 1.00 bits per heavy atom. The second-order valence-electron chi connectivity index (χ2n) is 7.83. The number of aliphatic hydroxyl groups is 2. The van der Waals surface area contributed by atoms with Gasteiger partial charge in [0.15, 0.2) is 0 Å². The van der Waals surface area contributed by atoms with Gasteiger partial charge in [0.2, 0.25) is 11.6 Å². The molecule has 2 fully saturated rings. The zero-order valence-electron chi connectivity index (χ0n) is 17.7. The van der Waals surface area contributed by atoms with Crippen LogP contribution in [0.2, 0.25) is 0 Å². The lowest BCUT2D eigenvalue weighted by Crippen LogP contribution is -2.71. The molecule has 1 saturated heterocycles. The summed E-state index contributed by atoms with van der Waals surface area (Å²) in [5.74, 6) is -1.95. The van der Waals surface area contributed by atoms with E-state index < -0.39 is 36.0 Å². The summed E-state index contributed by atoms with van der Waals surface area (Å²) in [5, 5.41) is 20.6. The van der Waals surface area contributed by atoms with Crippen LogP contribution in [0.1, 0.15) is 25.8 Å². The van der Waals surface area contributed by atoms with E-state index in [1.807, 2.05) is 24.3 Å². The van der Waals surface area contributed by atoms with E-state index in [1.54, 1.807) is 21.0 Å². The molecule has 0 amide bonds. The van der Waals surface area contributed by atoms with E-state index >= 15 is 0 Å². The maximum absolute atomic E-state index is 10.7. The lowest BCUT2D eigenvalue weighted by atomic mass is 9.79. The summed E-state index contributed by atoms with van der Waals surface area (Å²) < 4.78 is 35.0. The van der Waals surface area contributed by atoms with Crippen molar-refractivity contribution in [3.63, 3.8) is 0 Å². The quantitative estimate of drug-likeness (QED) is 0.695. The Bertz CT molecular complexity index is 667. The average molecular weight is 412 g/mol. The van der Waals surface area contributed by atoms with Crippen molar-refractivity contribution in [3.05, 3.63) is 29.8 Å². The van der Waals surface area contributed by atoms with Gasteiger partial charge in [0.1, 0.15) is 18.0 Å². The van der Waals surface area contributed by atoms with Crippen LogP contribution in [-0.4, -0.2) is 74.1 Å². The zero-order valence-corrected chi connectivity index (χ0v) is 17.7. The van der Waals surface area contributed by atoms with Gasteiger partial charge in [-0.05, 0) is 38.0 Å². The Morgan fingerprint density at radius 2 is 1.59 bits per heavy atom. The summed E-state index contributed by atoms with van der Waals surface area (Å²) in [4.78, 5) is 0. The van der Waals surface area contributed by atoms with Crippen molar-refractivity contribution in [2.75, 3.05) is 27.9 Å². The fourth-order valence-corrected chi connectivity index (χ4v) is 4.05. The lowest BCUT2D eigenvalue weighted by molar-refractivity contribution is -0.466. The molecule has 8 heteroatoms. The Morgan fingerprint density at radius 3 is 2.10 bits per heavy atom. The van der Waals surface area contributed by atoms with Crippen molar-refractivity contribution < 1.29 is 38.6 Å². The van der Waals surface area contributed by atoms with Crippen LogP contribution >= 0.6 is 0 Å². The van der Waals surface area contributed by atoms with Gasteiger partial charge in [-0.1, -0.05) is 12.1 Å². The summed E-state index contributed by atoms with van der Waals surface area (Å²) in [6, 6.07) is 7.52. The molecule has 1 aromatic carbocycles. The van der Waals surface area contributed by atoms with Crippen LogP contribution in [0.5, 0.6) is 5.75 Å². The first-order valence-corrected chi connectivity index (χ1v) is 9.80. The molecule has 2 N–H and O–H groups in total. The van der Waals surface area contributed by atoms with Gasteiger partial charge in [-0.25, -0.2) is 0 Å². The summed E-state index contributed by atoms with van der Waals surface area (Å²) in [5.41, 5.74) is 0.937. The molecule has 3 rings (SSSR count). The van der Waals surface area contributed by atoms with Crippen LogP contribution in [0, 0.1) is 5.92 Å². The van der Waals surface area contributed by atoms with Gasteiger partial charge in [-0.3, -0.25) is 0 Å². The summed E-state index contributed by atoms with van der Waals surface area (Å²) in [6.07, 6.45) is -2.29. The third kappa shape index (κ3) is 4.16. The summed E-state index contributed by atoms with van der Waals surface area (Å²) in [6.45, 7) is 3.60. The van der Waals surface area contributed by atoms with Crippen molar-refractivity contribution >= 4 is 0 Å². The van der Waals surface area contributed by atoms with Gasteiger partial charge >= 0.3 is 0 Å². The number of methoxy groups -OCH3 is 3. The molecule has 2 aliphatic rings. The monoisotopic (exact) mass is 412 g/mol. The van der Waals surface area contributed by atoms with Gasteiger partial charge in [-0.2, -0.15) is 0 Å². The van der Waals surface area contributed by atoms with Gasteiger partial charge in [0.25, 0.3) is 0 Å². The number of rotatable bonds is 7. The highest BCUT2D eigenvalue weighted by Gasteiger charge is 2.61. The predicted molar refractivity (Wildman–Crippen MR) is 103 cm³/mol. The van der Waals surface area contributed by atoms with Gasteiger partial charge in [-0.15, -0.1) is 0 Å². The van der Waals surface area contributed by atoms with Gasteiger partial charge in [0.05, 0.1) is 25.9 Å². The van der Waals surface area contributed by atoms with E-state index in [4.69, 9.17) is 28.4 Å². The second-order valence-corrected chi connectivity index (χ2v) is 7.83. The number of fused-ring (bicyclic) bond motifs is 1. The molecular weight excluding hydrogens is 380 g/mol. The maximum Gasteiger partial charge on any atom is 0.220 e. The molecule has 164 valence electrons. The highest BCUT2D eigenvalue weighted by molar-refractivity contribution is 5.26. The molecule has 1 aliphatic carbocycles. The molecular formula is C21H32O8. The lowest BCUT2D eigenvalue weighted by Gasteiger charge is -2.57. The van der Waals surface area contributed by atoms with Crippen LogP contribution < -0.4 is 4.74 Å². The minimum absolute atomic E-state index is 0.143. The Kier molecular flexibility index (Phi) is 6.84. The van der Waals surface area contributed by atoms with Crippen LogP contribution in [-0.2, 0) is 30.3 Å². The van der Waals surface area contributed by atoms with E-state index in [9.17, 15) is 10.2 Å². The topological polar surface area (TPSA) is 95.8 Å². The number of ether oxygens (including phenoxy) is 6. The van der Waals surface area contributed by atoms with E-state index in [0.29, 0.717) is 6.42 Å². The summed E-state index contributed by atoms with van der Waals surface area (Å²) >= 11 is 0. The molecule has 7 atom stereocenters. The fraction of sp³-hybridized carbons (Fsp3) is 0.714. The maximum atomic E-state index is 10.7. The SMILES string of the molecule is COc1ccc(CO[C@H]2[C@H]3O[C@](C)(OC)[C@@](C)(OC)O[C@@H]3[C@H](CO)C[C@@H]2O)cc1. The first-order valence-electron chi connectivity index (χ1n) is 9.80. The van der Waals surface area contributed by atoms with Crippen molar-refractivity contribution in [3.8, 4) is 5.75 Å². The van der Waals surface area contributed by atoms with E-state index in [1.165, 1.54) is 14.2 Å². The van der Waals surface area contributed by atoms with Crippen molar-refractivity contribution in [1.29, 1.82) is 0 Å². The molecule has 29 heavy (non-hydrogen) atoms. The average Bonchev–Trinajstić information content (AvgIpc) is 2.74. The molecule has 0 unspecified atom stereocenters. The van der Waals surface area contributed by atoms with Gasteiger partial charge < -0.3 is 38.6 Å². The number of aliphatic hydroxyl groups excluding tert-OH is 2. The molecule has 8 nitrogen and oxygen atoms in total. The highest BCUT2D eigenvalue weighted by atomic mass is 16.8. The van der Waals surface area contributed by atoms with Crippen LogP contribution in [0.15, 0.2) is 24.3 Å². The first kappa shape index (κ1) is 22.4. The van der Waals surface area contributed by atoms with Crippen molar-refractivity contribution in [1.82, 2.24) is 0 Å². The number of hydrogen-bond acceptors (Lipinski definition) is 8. The molecule has 0 aromatic heterocycles. The van der Waals surface area contributed by atoms with Crippen LogP contribution in [0.25, 0.3) is 0 Å². The van der Waals surface area contributed by atoms with Crippen LogP contribution in [0.4, 0.5) is 0 Å². The predicted octanol–water partition coefficient (Wildman–Crippen LogP) is 1.46. The summed E-state index contributed by atoms with van der Waals surface area (Å²) in [7, 11) is 4.64. The molecule has 0 radical (unpaired) electrons.